The van der Waals surface area contributed by atoms with Crippen molar-refractivity contribution in [3.8, 4) is 0 Å². The number of aromatic nitrogens is 1. The summed E-state index contributed by atoms with van der Waals surface area (Å²) >= 11 is 0. The first-order valence-corrected chi connectivity index (χ1v) is 7.72. The van der Waals surface area contributed by atoms with E-state index in [0.29, 0.717) is 6.04 Å². The minimum Gasteiger partial charge on any atom is -0.357 e. The highest BCUT2D eigenvalue weighted by Crippen LogP contribution is 2.43. The topological polar surface area (TPSA) is 19.0 Å². The maximum absolute atomic E-state index is 3.74. The second kappa shape index (κ2) is 4.38. The van der Waals surface area contributed by atoms with Gasteiger partial charge in [0.1, 0.15) is 0 Å². The Bertz CT molecular complexity index is 598. The van der Waals surface area contributed by atoms with Gasteiger partial charge in [0.15, 0.2) is 0 Å². The van der Waals surface area contributed by atoms with E-state index in [-0.39, 0.29) is 0 Å². The third kappa shape index (κ3) is 1.66. The first-order valence-electron chi connectivity index (χ1n) is 7.72. The molecule has 19 heavy (non-hydrogen) atoms. The van der Waals surface area contributed by atoms with Crippen LogP contribution in [0.25, 0.3) is 10.9 Å². The summed E-state index contributed by atoms with van der Waals surface area (Å²) in [6, 6.07) is 9.46. The quantitative estimate of drug-likeness (QED) is 0.818. The molecule has 0 radical (unpaired) electrons. The normalized spacial score (nSPS) is 27.2. The molecule has 100 valence electrons. The Hall–Kier alpha value is -1.28. The summed E-state index contributed by atoms with van der Waals surface area (Å²) < 4.78 is 0. The van der Waals surface area contributed by atoms with Crippen LogP contribution in [0, 0.1) is 5.92 Å². The molecule has 2 heteroatoms. The van der Waals surface area contributed by atoms with Crippen molar-refractivity contribution in [1.29, 1.82) is 0 Å². The fourth-order valence-electron chi connectivity index (χ4n) is 4.25. The molecule has 0 aliphatic carbocycles. The number of aromatic amines is 1. The van der Waals surface area contributed by atoms with Crippen LogP contribution in [0.1, 0.15) is 43.5 Å². The maximum atomic E-state index is 3.74. The third-order valence-corrected chi connectivity index (χ3v) is 5.18. The van der Waals surface area contributed by atoms with E-state index in [1.54, 1.807) is 5.56 Å². The Morgan fingerprint density at radius 3 is 3.05 bits per heavy atom. The van der Waals surface area contributed by atoms with Crippen molar-refractivity contribution in [3.05, 3.63) is 35.5 Å². The molecule has 1 aromatic heterocycles. The highest BCUT2D eigenvalue weighted by Gasteiger charge is 2.37. The maximum Gasteiger partial charge on any atom is 0.0529 e. The lowest BCUT2D eigenvalue weighted by molar-refractivity contribution is 0.0788. The van der Waals surface area contributed by atoms with Crippen molar-refractivity contribution in [2.75, 3.05) is 13.1 Å². The number of benzene rings is 1. The zero-order chi connectivity index (χ0) is 12.8. The van der Waals surface area contributed by atoms with Gasteiger partial charge in [0.25, 0.3) is 0 Å². The summed E-state index contributed by atoms with van der Waals surface area (Å²) in [7, 11) is 0. The first-order chi connectivity index (χ1) is 9.38. The molecule has 1 fully saturated rings. The highest BCUT2D eigenvalue weighted by molar-refractivity contribution is 5.85. The summed E-state index contributed by atoms with van der Waals surface area (Å²) in [5, 5.41) is 1.46. The molecule has 0 unspecified atom stereocenters. The van der Waals surface area contributed by atoms with Gasteiger partial charge in [-0.05, 0) is 43.4 Å². The van der Waals surface area contributed by atoms with Crippen LogP contribution in [0.15, 0.2) is 24.3 Å². The van der Waals surface area contributed by atoms with Gasteiger partial charge in [0.05, 0.1) is 6.04 Å². The van der Waals surface area contributed by atoms with Crippen LogP contribution in [0.5, 0.6) is 0 Å². The van der Waals surface area contributed by atoms with Gasteiger partial charge < -0.3 is 4.98 Å². The standard InChI is InChI=1S/C17H22N2/c1-2-12-6-5-10-19-11-9-14-13-7-3-4-8-15(13)18-16(14)17(12)19/h3-4,7-8,12,17-18H,2,5-6,9-11H2,1H3/t12-,17-/m1/s1. The molecule has 1 N–H and O–H groups in total. The monoisotopic (exact) mass is 254 g/mol. The van der Waals surface area contributed by atoms with E-state index in [1.165, 1.54) is 55.4 Å². The Morgan fingerprint density at radius 1 is 1.26 bits per heavy atom. The van der Waals surface area contributed by atoms with Gasteiger partial charge in [-0.25, -0.2) is 0 Å². The van der Waals surface area contributed by atoms with E-state index in [2.05, 4.69) is 41.1 Å². The van der Waals surface area contributed by atoms with Crippen LogP contribution in [0.3, 0.4) is 0 Å². The van der Waals surface area contributed by atoms with Crippen LogP contribution < -0.4 is 0 Å². The fraction of sp³-hybridized carbons (Fsp3) is 0.529. The molecule has 1 aromatic carbocycles. The van der Waals surface area contributed by atoms with E-state index in [9.17, 15) is 0 Å². The summed E-state index contributed by atoms with van der Waals surface area (Å²) in [5.41, 5.74) is 4.45. The van der Waals surface area contributed by atoms with E-state index in [1.807, 2.05) is 0 Å². The molecule has 3 heterocycles. The van der Waals surface area contributed by atoms with Crippen molar-refractivity contribution in [3.63, 3.8) is 0 Å². The SMILES string of the molecule is CC[C@@H]1CCCN2CCc3c([nH]c4ccccc34)[C@@H]12. The molecule has 0 bridgehead atoms. The Kier molecular flexibility index (Phi) is 2.66. The van der Waals surface area contributed by atoms with Crippen molar-refractivity contribution in [2.45, 2.75) is 38.6 Å². The largest absolute Gasteiger partial charge is 0.357 e. The smallest absolute Gasteiger partial charge is 0.0529 e. The van der Waals surface area contributed by atoms with Crippen LogP contribution in [0.4, 0.5) is 0 Å². The molecule has 0 amide bonds. The zero-order valence-electron chi connectivity index (χ0n) is 11.7. The van der Waals surface area contributed by atoms with Crippen LogP contribution in [-0.2, 0) is 6.42 Å². The number of nitrogens with zero attached hydrogens (tertiary/aromatic N) is 1. The van der Waals surface area contributed by atoms with Crippen molar-refractivity contribution < 1.29 is 0 Å². The van der Waals surface area contributed by atoms with Gasteiger partial charge in [-0.15, -0.1) is 0 Å². The molecule has 0 saturated carbocycles. The molecule has 2 aliphatic heterocycles. The average Bonchev–Trinajstić information content (AvgIpc) is 2.85. The number of piperidine rings is 1. The lowest BCUT2D eigenvalue weighted by atomic mass is 9.81. The second-order valence-electron chi connectivity index (χ2n) is 6.10. The van der Waals surface area contributed by atoms with Gasteiger partial charge >= 0.3 is 0 Å². The summed E-state index contributed by atoms with van der Waals surface area (Å²) in [6.45, 7) is 4.89. The van der Waals surface area contributed by atoms with Crippen molar-refractivity contribution in [2.24, 2.45) is 5.92 Å². The lowest BCUT2D eigenvalue weighted by Gasteiger charge is -2.44. The van der Waals surface area contributed by atoms with Crippen LogP contribution >= 0.6 is 0 Å². The zero-order valence-corrected chi connectivity index (χ0v) is 11.7. The van der Waals surface area contributed by atoms with Gasteiger partial charge in [0, 0.05) is 23.1 Å². The third-order valence-electron chi connectivity index (χ3n) is 5.18. The number of fused-ring (bicyclic) bond motifs is 5. The lowest BCUT2D eigenvalue weighted by Crippen LogP contribution is -2.43. The molecule has 1 saturated heterocycles. The van der Waals surface area contributed by atoms with Gasteiger partial charge in [0.2, 0.25) is 0 Å². The van der Waals surface area contributed by atoms with Crippen LogP contribution in [0.2, 0.25) is 0 Å². The summed E-state index contributed by atoms with van der Waals surface area (Å²) in [4.78, 5) is 6.46. The van der Waals surface area contributed by atoms with E-state index < -0.39 is 0 Å². The van der Waals surface area contributed by atoms with E-state index in [4.69, 9.17) is 0 Å². The molecule has 2 aliphatic rings. The number of nitrogens with one attached hydrogen (secondary N) is 1. The Labute approximate surface area is 114 Å². The fourth-order valence-corrected chi connectivity index (χ4v) is 4.25. The second-order valence-corrected chi connectivity index (χ2v) is 6.10. The number of para-hydroxylation sites is 1. The van der Waals surface area contributed by atoms with E-state index >= 15 is 0 Å². The molecule has 0 spiro atoms. The van der Waals surface area contributed by atoms with Crippen LogP contribution in [-0.4, -0.2) is 23.0 Å². The highest BCUT2D eigenvalue weighted by atomic mass is 15.2. The van der Waals surface area contributed by atoms with Gasteiger partial charge in [-0.3, -0.25) is 4.90 Å². The number of hydrogen-bond acceptors (Lipinski definition) is 1. The Balaban J connectivity index is 1.87. The minimum atomic E-state index is 0.648. The minimum absolute atomic E-state index is 0.648. The van der Waals surface area contributed by atoms with Crippen molar-refractivity contribution in [1.82, 2.24) is 9.88 Å². The van der Waals surface area contributed by atoms with Gasteiger partial charge in [-0.2, -0.15) is 0 Å². The molecule has 2 aromatic rings. The molecule has 4 rings (SSSR count). The molecule has 2 atom stereocenters. The molecular formula is C17H22N2. The molecule has 2 nitrogen and oxygen atoms in total. The summed E-state index contributed by atoms with van der Waals surface area (Å²) in [5.74, 6) is 0.834. The summed E-state index contributed by atoms with van der Waals surface area (Å²) in [6.07, 6.45) is 5.29. The Morgan fingerprint density at radius 2 is 2.16 bits per heavy atom. The first kappa shape index (κ1) is 11.5. The van der Waals surface area contributed by atoms with Gasteiger partial charge in [-0.1, -0.05) is 31.5 Å². The number of H-pyrrole nitrogens is 1. The van der Waals surface area contributed by atoms with E-state index in [0.717, 1.165) is 5.92 Å². The number of rotatable bonds is 1. The average molecular weight is 254 g/mol. The van der Waals surface area contributed by atoms with Crippen molar-refractivity contribution >= 4 is 10.9 Å². The predicted octanol–water partition coefficient (Wildman–Crippen LogP) is 3.89. The molecular weight excluding hydrogens is 232 g/mol. The number of hydrogen-bond donors (Lipinski definition) is 1. The predicted molar refractivity (Wildman–Crippen MR) is 79.3 cm³/mol.